The fraction of sp³-hybridized carbons (Fsp3) is 0.429. The lowest BCUT2D eigenvalue weighted by molar-refractivity contribution is 0.296. The third kappa shape index (κ3) is 6.84. The van der Waals surface area contributed by atoms with E-state index >= 15 is 0 Å². The molecule has 0 fully saturated rings. The number of guanidine groups is 1. The van der Waals surface area contributed by atoms with Crippen LogP contribution < -0.4 is 10.6 Å². The molecule has 0 unspecified atom stereocenters. The predicted octanol–water partition coefficient (Wildman–Crippen LogP) is 2.83. The van der Waals surface area contributed by atoms with Crippen LogP contribution in [-0.2, 0) is 19.5 Å². The first-order valence-corrected chi connectivity index (χ1v) is 9.39. The Balaban J connectivity index is 1.75. The third-order valence-electron chi connectivity index (χ3n) is 4.41. The smallest absolute Gasteiger partial charge is 0.191 e. The number of nitrogens with zero attached hydrogens (tertiary/aromatic N) is 3. The minimum atomic E-state index is 0.759. The second kappa shape index (κ2) is 11.3. The average Bonchev–Trinajstić information content (AvgIpc) is 2.70. The van der Waals surface area contributed by atoms with E-state index in [1.54, 1.807) is 7.05 Å². The van der Waals surface area contributed by atoms with Gasteiger partial charge in [0.05, 0.1) is 0 Å². The Labute approximate surface area is 157 Å². The van der Waals surface area contributed by atoms with Crippen LogP contribution in [0.15, 0.2) is 53.7 Å². The molecule has 0 aliphatic rings. The molecule has 26 heavy (non-hydrogen) atoms. The van der Waals surface area contributed by atoms with E-state index in [2.05, 4.69) is 63.6 Å². The number of aromatic nitrogens is 1. The Morgan fingerprint density at radius 2 is 1.73 bits per heavy atom. The Morgan fingerprint density at radius 1 is 1.00 bits per heavy atom. The van der Waals surface area contributed by atoms with Gasteiger partial charge in [0.25, 0.3) is 0 Å². The van der Waals surface area contributed by atoms with Crippen molar-refractivity contribution in [1.29, 1.82) is 0 Å². The molecule has 1 aromatic heterocycles. The fourth-order valence-electron chi connectivity index (χ4n) is 2.73. The summed E-state index contributed by atoms with van der Waals surface area (Å²) in [5.41, 5.74) is 3.69. The largest absolute Gasteiger partial charge is 0.356 e. The van der Waals surface area contributed by atoms with Crippen molar-refractivity contribution in [3.63, 3.8) is 0 Å². The van der Waals surface area contributed by atoms with Gasteiger partial charge >= 0.3 is 0 Å². The second-order valence-corrected chi connectivity index (χ2v) is 6.20. The lowest BCUT2D eigenvalue weighted by Crippen LogP contribution is -2.37. The van der Waals surface area contributed by atoms with Gasteiger partial charge in [-0.2, -0.15) is 0 Å². The molecule has 0 spiro atoms. The van der Waals surface area contributed by atoms with Crippen LogP contribution in [-0.4, -0.2) is 42.5 Å². The second-order valence-electron chi connectivity index (χ2n) is 6.20. The molecule has 2 N–H and O–H groups in total. The van der Waals surface area contributed by atoms with Crippen molar-refractivity contribution in [2.75, 3.05) is 26.7 Å². The van der Waals surface area contributed by atoms with Crippen LogP contribution in [0.4, 0.5) is 0 Å². The highest BCUT2D eigenvalue weighted by Gasteiger charge is 2.02. The highest BCUT2D eigenvalue weighted by Crippen LogP contribution is 2.07. The van der Waals surface area contributed by atoms with Crippen LogP contribution in [0.1, 0.15) is 30.7 Å². The SMILES string of the molecule is CCN(CC)Cc1ccc(CNC(=NC)NCCc2ccccn2)cc1. The van der Waals surface area contributed by atoms with Gasteiger partial charge in [-0.3, -0.25) is 14.9 Å². The number of nitrogens with one attached hydrogen (secondary N) is 2. The van der Waals surface area contributed by atoms with Gasteiger partial charge < -0.3 is 10.6 Å². The standard InChI is InChI=1S/C21H31N5/c1-4-26(5-2)17-19-11-9-18(10-12-19)16-25-21(22-3)24-15-13-20-8-6-7-14-23-20/h6-12,14H,4-5,13,15-17H2,1-3H3,(H2,22,24,25). The molecule has 0 radical (unpaired) electrons. The van der Waals surface area contributed by atoms with Crippen LogP contribution in [0.3, 0.4) is 0 Å². The number of rotatable bonds is 9. The van der Waals surface area contributed by atoms with E-state index in [9.17, 15) is 0 Å². The lowest BCUT2D eigenvalue weighted by atomic mass is 10.1. The zero-order chi connectivity index (χ0) is 18.6. The summed E-state index contributed by atoms with van der Waals surface area (Å²) < 4.78 is 0. The van der Waals surface area contributed by atoms with E-state index in [0.29, 0.717) is 0 Å². The Hall–Kier alpha value is -2.40. The highest BCUT2D eigenvalue weighted by molar-refractivity contribution is 5.79. The summed E-state index contributed by atoms with van der Waals surface area (Å²) >= 11 is 0. The van der Waals surface area contributed by atoms with E-state index in [-0.39, 0.29) is 0 Å². The van der Waals surface area contributed by atoms with Gasteiger partial charge in [0.15, 0.2) is 5.96 Å². The number of aliphatic imine (C=N–C) groups is 1. The van der Waals surface area contributed by atoms with E-state index in [1.807, 2.05) is 24.4 Å². The summed E-state index contributed by atoms with van der Waals surface area (Å²) in [5, 5.41) is 6.70. The maximum Gasteiger partial charge on any atom is 0.191 e. The topological polar surface area (TPSA) is 52.5 Å². The maximum absolute atomic E-state index is 4.33. The van der Waals surface area contributed by atoms with Gasteiger partial charge in [-0.05, 0) is 36.3 Å². The van der Waals surface area contributed by atoms with Crippen LogP contribution in [0.5, 0.6) is 0 Å². The van der Waals surface area contributed by atoms with Crippen molar-refractivity contribution in [1.82, 2.24) is 20.5 Å². The summed E-state index contributed by atoms with van der Waals surface area (Å²) in [6.07, 6.45) is 2.70. The summed E-state index contributed by atoms with van der Waals surface area (Å²) in [4.78, 5) is 11.0. The normalized spacial score (nSPS) is 11.6. The zero-order valence-electron chi connectivity index (χ0n) is 16.2. The monoisotopic (exact) mass is 353 g/mol. The molecule has 0 aliphatic carbocycles. The molecule has 0 saturated heterocycles. The third-order valence-corrected chi connectivity index (χ3v) is 4.41. The highest BCUT2D eigenvalue weighted by atomic mass is 15.2. The molecule has 0 aliphatic heterocycles. The first-order chi connectivity index (χ1) is 12.7. The summed E-state index contributed by atoms with van der Waals surface area (Å²) in [6, 6.07) is 14.8. The summed E-state index contributed by atoms with van der Waals surface area (Å²) in [7, 11) is 1.79. The molecule has 1 aromatic carbocycles. The Morgan fingerprint density at radius 3 is 2.35 bits per heavy atom. The van der Waals surface area contributed by atoms with Crippen molar-refractivity contribution < 1.29 is 0 Å². The molecule has 0 bridgehead atoms. The van der Waals surface area contributed by atoms with Crippen molar-refractivity contribution in [3.8, 4) is 0 Å². The Bertz CT molecular complexity index is 648. The number of hydrogen-bond donors (Lipinski definition) is 2. The minimum absolute atomic E-state index is 0.759. The summed E-state index contributed by atoms with van der Waals surface area (Å²) in [6.45, 7) is 9.15. The lowest BCUT2D eigenvalue weighted by Gasteiger charge is -2.18. The van der Waals surface area contributed by atoms with Gasteiger partial charge in [0, 0.05) is 45.0 Å². The molecule has 5 nitrogen and oxygen atoms in total. The van der Waals surface area contributed by atoms with E-state index in [1.165, 1.54) is 11.1 Å². The number of hydrogen-bond acceptors (Lipinski definition) is 3. The molecule has 140 valence electrons. The molecule has 2 aromatic rings. The first kappa shape index (κ1) is 19.9. The number of benzene rings is 1. The van der Waals surface area contributed by atoms with Crippen molar-refractivity contribution in [2.24, 2.45) is 4.99 Å². The van der Waals surface area contributed by atoms with Gasteiger partial charge in [-0.1, -0.05) is 44.2 Å². The van der Waals surface area contributed by atoms with Crippen molar-refractivity contribution in [2.45, 2.75) is 33.4 Å². The van der Waals surface area contributed by atoms with Gasteiger partial charge in [-0.15, -0.1) is 0 Å². The van der Waals surface area contributed by atoms with Crippen LogP contribution in [0, 0.1) is 0 Å². The van der Waals surface area contributed by atoms with Gasteiger partial charge in [0.2, 0.25) is 0 Å². The molecular weight excluding hydrogens is 322 g/mol. The van der Waals surface area contributed by atoms with Gasteiger partial charge in [0.1, 0.15) is 0 Å². The summed E-state index contributed by atoms with van der Waals surface area (Å²) in [5.74, 6) is 0.813. The predicted molar refractivity (Wildman–Crippen MR) is 109 cm³/mol. The van der Waals surface area contributed by atoms with Crippen LogP contribution in [0.25, 0.3) is 0 Å². The number of pyridine rings is 1. The molecular formula is C21H31N5. The van der Waals surface area contributed by atoms with Crippen LogP contribution >= 0.6 is 0 Å². The maximum atomic E-state index is 4.33. The Kier molecular flexibility index (Phi) is 8.63. The quantitative estimate of drug-likeness (QED) is 0.538. The molecule has 0 amide bonds. The average molecular weight is 354 g/mol. The van der Waals surface area contributed by atoms with E-state index in [4.69, 9.17) is 0 Å². The van der Waals surface area contributed by atoms with Crippen molar-refractivity contribution >= 4 is 5.96 Å². The van der Waals surface area contributed by atoms with Crippen molar-refractivity contribution in [3.05, 3.63) is 65.5 Å². The molecule has 0 atom stereocenters. The van der Waals surface area contributed by atoms with E-state index in [0.717, 1.165) is 50.8 Å². The van der Waals surface area contributed by atoms with Gasteiger partial charge in [-0.25, -0.2) is 0 Å². The first-order valence-electron chi connectivity index (χ1n) is 9.39. The van der Waals surface area contributed by atoms with E-state index < -0.39 is 0 Å². The fourth-order valence-corrected chi connectivity index (χ4v) is 2.73. The molecule has 2 rings (SSSR count). The molecule has 0 saturated carbocycles. The van der Waals surface area contributed by atoms with Crippen LogP contribution in [0.2, 0.25) is 0 Å². The molecule has 1 heterocycles. The minimum Gasteiger partial charge on any atom is -0.356 e. The zero-order valence-corrected chi connectivity index (χ0v) is 16.2. The molecule has 5 heteroatoms.